The first-order valence-electron chi connectivity index (χ1n) is 9.62. The Bertz CT molecular complexity index is 1290. The molecule has 0 unspecified atom stereocenters. The van der Waals surface area contributed by atoms with E-state index in [0.717, 1.165) is 39.1 Å². The van der Waals surface area contributed by atoms with E-state index in [0.29, 0.717) is 11.2 Å². The first kappa shape index (κ1) is 18.4. The van der Waals surface area contributed by atoms with Gasteiger partial charge in [-0.25, -0.2) is 4.98 Å². The maximum absolute atomic E-state index is 13.3. The Morgan fingerprint density at radius 1 is 1.00 bits per heavy atom. The van der Waals surface area contributed by atoms with Gasteiger partial charge in [-0.2, -0.15) is 9.78 Å². The van der Waals surface area contributed by atoms with Crippen molar-refractivity contribution in [2.75, 3.05) is 18.0 Å². The molecule has 1 aliphatic heterocycles. The third-order valence-corrected chi connectivity index (χ3v) is 6.28. The average molecular weight is 497 g/mol. The van der Waals surface area contributed by atoms with Crippen molar-refractivity contribution in [2.24, 2.45) is 0 Å². The number of nitrogens with zero attached hydrogens (tertiary/aromatic N) is 5. The number of pyridine rings is 1. The molecule has 4 aromatic rings. The zero-order valence-electron chi connectivity index (χ0n) is 16.3. The predicted octanol–water partition coefficient (Wildman–Crippen LogP) is 4.00. The maximum atomic E-state index is 13.3. The largest absolute Gasteiger partial charge is 0.371 e. The summed E-state index contributed by atoms with van der Waals surface area (Å²) in [5, 5.41) is 5.97. The van der Waals surface area contributed by atoms with Gasteiger partial charge in [-0.1, -0.05) is 6.07 Å². The van der Waals surface area contributed by atoms with E-state index in [1.54, 1.807) is 12.4 Å². The van der Waals surface area contributed by atoms with Crippen LogP contribution >= 0.6 is 22.6 Å². The van der Waals surface area contributed by atoms with Crippen molar-refractivity contribution in [3.8, 4) is 11.5 Å². The minimum Gasteiger partial charge on any atom is -0.371 e. The fourth-order valence-corrected chi connectivity index (χ4v) is 4.33. The van der Waals surface area contributed by atoms with Gasteiger partial charge in [0.2, 0.25) is 0 Å². The summed E-state index contributed by atoms with van der Waals surface area (Å²) in [4.78, 5) is 20.0. The van der Waals surface area contributed by atoms with E-state index >= 15 is 0 Å². The van der Waals surface area contributed by atoms with Crippen LogP contribution in [-0.2, 0) is 0 Å². The molecule has 5 rings (SSSR count). The normalized spacial score (nSPS) is 13.7. The monoisotopic (exact) mass is 497 g/mol. The highest BCUT2D eigenvalue weighted by molar-refractivity contribution is 14.1. The molecule has 1 aromatic carbocycles. The van der Waals surface area contributed by atoms with Gasteiger partial charge in [0, 0.05) is 51.0 Å². The Morgan fingerprint density at radius 3 is 2.48 bits per heavy atom. The van der Waals surface area contributed by atoms with Crippen LogP contribution in [0, 0.1) is 17.4 Å². The van der Waals surface area contributed by atoms with Crippen LogP contribution in [0.25, 0.3) is 22.3 Å². The molecule has 146 valence electrons. The summed E-state index contributed by atoms with van der Waals surface area (Å²) in [6.07, 6.45) is 4.75. The number of benzene rings is 1. The molecule has 6 nitrogen and oxygen atoms in total. The van der Waals surface area contributed by atoms with Gasteiger partial charge in [0.25, 0.3) is 5.56 Å². The van der Waals surface area contributed by atoms with Gasteiger partial charge in [0.05, 0.1) is 11.6 Å². The molecule has 29 heavy (non-hydrogen) atoms. The number of hydrogen-bond acceptors (Lipinski definition) is 4. The third kappa shape index (κ3) is 2.95. The molecular weight excluding hydrogens is 477 g/mol. The van der Waals surface area contributed by atoms with Gasteiger partial charge in [-0.05, 0) is 73.2 Å². The highest BCUT2D eigenvalue weighted by atomic mass is 127. The van der Waals surface area contributed by atoms with Crippen LogP contribution in [-0.4, -0.2) is 32.4 Å². The average Bonchev–Trinajstić information content (AvgIpc) is 2.93. The maximum Gasteiger partial charge on any atom is 0.282 e. The van der Waals surface area contributed by atoms with E-state index < -0.39 is 0 Å². The van der Waals surface area contributed by atoms with Crippen molar-refractivity contribution in [2.45, 2.75) is 20.3 Å². The van der Waals surface area contributed by atoms with Crippen molar-refractivity contribution in [3.05, 3.63) is 74.1 Å². The summed E-state index contributed by atoms with van der Waals surface area (Å²) < 4.78 is 4.55. The number of halogens is 1. The van der Waals surface area contributed by atoms with Crippen molar-refractivity contribution >= 4 is 39.1 Å². The Labute approximate surface area is 181 Å². The Morgan fingerprint density at radius 2 is 1.79 bits per heavy atom. The summed E-state index contributed by atoms with van der Waals surface area (Å²) in [7, 11) is 0. The Balaban J connectivity index is 1.69. The van der Waals surface area contributed by atoms with Gasteiger partial charge in [-0.15, -0.1) is 0 Å². The van der Waals surface area contributed by atoms with Gasteiger partial charge in [0.15, 0.2) is 5.82 Å². The van der Waals surface area contributed by atoms with Crippen molar-refractivity contribution in [1.82, 2.24) is 19.3 Å². The minimum atomic E-state index is -0.144. The summed E-state index contributed by atoms with van der Waals surface area (Å²) in [5.41, 5.74) is 4.09. The molecule has 0 atom stereocenters. The second-order valence-electron chi connectivity index (χ2n) is 7.35. The van der Waals surface area contributed by atoms with Crippen LogP contribution in [0.2, 0.25) is 0 Å². The number of fused-ring (bicyclic) bond motifs is 1. The molecule has 1 aliphatic rings. The van der Waals surface area contributed by atoms with Crippen molar-refractivity contribution in [1.29, 1.82) is 0 Å². The zero-order valence-corrected chi connectivity index (χ0v) is 18.4. The van der Waals surface area contributed by atoms with E-state index in [2.05, 4.69) is 66.4 Å². The van der Waals surface area contributed by atoms with Crippen LogP contribution in [0.4, 0.5) is 5.69 Å². The fraction of sp³-hybridized carbons (Fsp3) is 0.227. The SMILES string of the molecule is Cc1c2cnn(-c3ccc(I)cn3)c(=O)c2c(C)n1-c1cccc(N2CCC2)c1. The third-order valence-electron chi connectivity index (χ3n) is 5.64. The summed E-state index contributed by atoms with van der Waals surface area (Å²) in [5.74, 6) is 0.530. The molecule has 1 saturated heterocycles. The van der Waals surface area contributed by atoms with Gasteiger partial charge in [-0.3, -0.25) is 4.79 Å². The molecule has 3 aromatic heterocycles. The van der Waals surface area contributed by atoms with E-state index in [-0.39, 0.29) is 5.56 Å². The first-order valence-corrected chi connectivity index (χ1v) is 10.7. The van der Waals surface area contributed by atoms with E-state index in [1.165, 1.54) is 16.8 Å². The number of aryl methyl sites for hydroxylation is 2. The summed E-state index contributed by atoms with van der Waals surface area (Å²) in [6, 6.07) is 12.3. The highest BCUT2D eigenvalue weighted by Crippen LogP contribution is 2.29. The molecule has 1 fully saturated rings. The lowest BCUT2D eigenvalue weighted by atomic mass is 10.1. The molecule has 4 heterocycles. The lowest BCUT2D eigenvalue weighted by Crippen LogP contribution is -2.36. The van der Waals surface area contributed by atoms with Crippen LogP contribution in [0.5, 0.6) is 0 Å². The number of hydrogen-bond donors (Lipinski definition) is 0. The van der Waals surface area contributed by atoms with Gasteiger partial charge >= 0.3 is 0 Å². The quantitative estimate of drug-likeness (QED) is 0.402. The summed E-state index contributed by atoms with van der Waals surface area (Å²) >= 11 is 2.20. The number of anilines is 1. The second-order valence-corrected chi connectivity index (χ2v) is 8.60. The molecule has 0 radical (unpaired) electrons. The molecule has 7 heteroatoms. The number of aromatic nitrogens is 4. The van der Waals surface area contributed by atoms with Gasteiger partial charge in [0.1, 0.15) is 0 Å². The van der Waals surface area contributed by atoms with Crippen LogP contribution in [0.1, 0.15) is 17.8 Å². The van der Waals surface area contributed by atoms with Crippen molar-refractivity contribution in [3.63, 3.8) is 0 Å². The van der Waals surface area contributed by atoms with Crippen LogP contribution in [0.15, 0.2) is 53.6 Å². The summed E-state index contributed by atoms with van der Waals surface area (Å²) in [6.45, 7) is 6.25. The second kappa shape index (κ2) is 6.98. The lowest BCUT2D eigenvalue weighted by Gasteiger charge is -2.33. The van der Waals surface area contributed by atoms with E-state index in [9.17, 15) is 4.79 Å². The molecular formula is C22H20IN5O. The molecule has 0 aliphatic carbocycles. The number of rotatable bonds is 3. The molecule has 0 bridgehead atoms. The standard InChI is InChI=1S/C22H20IN5O/c1-14-19-13-25-28(20-8-7-16(23)12-24-20)22(29)21(19)15(2)27(14)18-6-3-5-17(11-18)26-9-4-10-26/h3,5-8,11-13H,4,9-10H2,1-2H3. The van der Waals surface area contributed by atoms with Gasteiger partial charge < -0.3 is 9.47 Å². The smallest absolute Gasteiger partial charge is 0.282 e. The Kier molecular flexibility index (Phi) is 4.42. The molecule has 0 spiro atoms. The fourth-order valence-electron chi connectivity index (χ4n) is 4.01. The molecule has 0 N–H and O–H groups in total. The topological polar surface area (TPSA) is 56.0 Å². The van der Waals surface area contributed by atoms with Crippen LogP contribution < -0.4 is 10.5 Å². The minimum absolute atomic E-state index is 0.144. The van der Waals surface area contributed by atoms with Crippen LogP contribution in [0.3, 0.4) is 0 Å². The first-order chi connectivity index (χ1) is 14.0. The highest BCUT2D eigenvalue weighted by Gasteiger charge is 2.20. The lowest BCUT2D eigenvalue weighted by molar-refractivity contribution is 0.617. The van der Waals surface area contributed by atoms with E-state index in [4.69, 9.17) is 0 Å². The molecule has 0 saturated carbocycles. The Hall–Kier alpha value is -2.68. The predicted molar refractivity (Wildman–Crippen MR) is 123 cm³/mol. The van der Waals surface area contributed by atoms with E-state index in [1.807, 2.05) is 26.0 Å². The molecule has 0 amide bonds. The zero-order chi connectivity index (χ0) is 20.1. The van der Waals surface area contributed by atoms with Crippen molar-refractivity contribution < 1.29 is 0 Å².